The summed E-state index contributed by atoms with van der Waals surface area (Å²) in [6, 6.07) is 16.0. The normalized spacial score (nSPS) is 23.7. The average molecular weight is 463 g/mol. The number of rotatable bonds is 6. The van der Waals surface area contributed by atoms with Gasteiger partial charge in [-0.15, -0.1) is 0 Å². The Morgan fingerprint density at radius 3 is 2.12 bits per heavy atom. The number of piperidine rings is 1. The highest BCUT2D eigenvalue weighted by Crippen LogP contribution is 2.44. The number of benzene rings is 2. The smallest absolute Gasteiger partial charge is 0.407 e. The topological polar surface area (TPSA) is 95.9 Å². The van der Waals surface area contributed by atoms with Crippen LogP contribution in [0.25, 0.3) is 11.1 Å². The quantitative estimate of drug-likeness (QED) is 0.679. The molecule has 3 atom stereocenters. The maximum Gasteiger partial charge on any atom is 0.407 e. The van der Waals surface area contributed by atoms with Gasteiger partial charge < -0.3 is 20.1 Å². The number of nitrogens with one attached hydrogen (secondary N) is 1. The molecule has 2 unspecified atom stereocenters. The summed E-state index contributed by atoms with van der Waals surface area (Å²) in [4.78, 5) is 38.6. The number of amides is 2. The number of ether oxygens (including phenoxy) is 1. The number of alkyl carbamates (subject to hydrolysis) is 1. The number of carboxylic acid groups (broad SMARTS) is 1. The molecule has 0 aromatic heterocycles. The van der Waals surface area contributed by atoms with E-state index in [2.05, 4.69) is 29.6 Å². The zero-order chi connectivity index (χ0) is 23.8. The molecule has 0 radical (unpaired) electrons. The van der Waals surface area contributed by atoms with Crippen LogP contribution in [-0.2, 0) is 14.3 Å². The molecule has 2 fully saturated rings. The van der Waals surface area contributed by atoms with Crippen LogP contribution in [0.15, 0.2) is 48.5 Å². The van der Waals surface area contributed by atoms with Crippen molar-refractivity contribution in [1.82, 2.24) is 10.2 Å². The Kier molecular flexibility index (Phi) is 6.02. The van der Waals surface area contributed by atoms with E-state index in [4.69, 9.17) is 4.74 Å². The van der Waals surface area contributed by atoms with E-state index in [1.807, 2.05) is 24.3 Å². The Hall–Kier alpha value is -3.35. The van der Waals surface area contributed by atoms with Crippen molar-refractivity contribution in [3.63, 3.8) is 0 Å². The number of fused-ring (bicyclic) bond motifs is 5. The summed E-state index contributed by atoms with van der Waals surface area (Å²) >= 11 is 0. The first-order valence-corrected chi connectivity index (χ1v) is 12.0. The van der Waals surface area contributed by atoms with Gasteiger partial charge in [0.1, 0.15) is 6.61 Å². The van der Waals surface area contributed by atoms with E-state index in [0.717, 1.165) is 24.0 Å². The second-order valence-electron chi connectivity index (χ2n) is 9.84. The lowest BCUT2D eigenvalue weighted by atomic mass is 9.85. The van der Waals surface area contributed by atoms with Gasteiger partial charge in [0, 0.05) is 31.5 Å². The minimum absolute atomic E-state index is 0.0129. The first kappa shape index (κ1) is 22.4. The highest BCUT2D eigenvalue weighted by molar-refractivity contribution is 5.80. The molecule has 1 saturated carbocycles. The number of carboxylic acids is 1. The van der Waals surface area contributed by atoms with E-state index in [1.165, 1.54) is 11.1 Å². The van der Waals surface area contributed by atoms with E-state index in [0.29, 0.717) is 13.1 Å². The van der Waals surface area contributed by atoms with Gasteiger partial charge >= 0.3 is 12.1 Å². The Labute approximate surface area is 199 Å². The van der Waals surface area contributed by atoms with Gasteiger partial charge in [0.15, 0.2) is 0 Å². The number of carbonyl (C=O) groups is 3. The number of nitrogens with zero attached hydrogens (tertiary/aromatic N) is 1. The fraction of sp³-hybridized carbons (Fsp3) is 0.444. The summed E-state index contributed by atoms with van der Waals surface area (Å²) in [5.41, 5.74) is 4.65. The molecule has 2 amide bonds. The number of aliphatic carboxylic acids is 1. The molecule has 2 N–H and O–H groups in total. The highest BCUT2D eigenvalue weighted by atomic mass is 16.5. The summed E-state index contributed by atoms with van der Waals surface area (Å²) in [6.07, 6.45) is 1.35. The Morgan fingerprint density at radius 2 is 1.56 bits per heavy atom. The standard InChI is InChI=1S/C27H30N2O5/c1-16(12-24(30)29-13-17-10-11-18(14-29)25(17)26(31)32)28-27(33)34-15-23-21-8-4-2-6-19(21)20-7-3-5-9-22(20)23/h2-9,16-18,23,25H,10-15H2,1H3,(H,28,33)(H,31,32)/t16-,17?,18?,25?/m1/s1. The predicted octanol–water partition coefficient (Wildman–Crippen LogP) is 3.87. The largest absolute Gasteiger partial charge is 0.481 e. The fourth-order valence-electron chi connectivity index (χ4n) is 6.11. The zero-order valence-corrected chi connectivity index (χ0v) is 19.3. The molecule has 2 aromatic rings. The molecule has 2 aromatic carbocycles. The lowest BCUT2D eigenvalue weighted by Gasteiger charge is -2.36. The zero-order valence-electron chi connectivity index (χ0n) is 19.3. The van der Waals surface area contributed by atoms with Crippen LogP contribution in [0.3, 0.4) is 0 Å². The molecule has 7 heteroatoms. The SMILES string of the molecule is C[C@H](CC(=O)N1CC2CCC(C1)C2C(=O)O)NC(=O)OCC1c2ccccc2-c2ccccc21. The molecular weight excluding hydrogens is 432 g/mol. The first-order chi connectivity index (χ1) is 16.4. The molecule has 7 nitrogen and oxygen atoms in total. The number of hydrogen-bond donors (Lipinski definition) is 2. The van der Waals surface area contributed by atoms with Crippen molar-refractivity contribution in [2.75, 3.05) is 19.7 Å². The summed E-state index contributed by atoms with van der Waals surface area (Å²) in [5.74, 6) is -1.07. The van der Waals surface area contributed by atoms with Crippen molar-refractivity contribution in [2.24, 2.45) is 17.8 Å². The number of carbonyl (C=O) groups excluding carboxylic acids is 2. The highest BCUT2D eigenvalue weighted by Gasteiger charge is 2.47. The van der Waals surface area contributed by atoms with E-state index < -0.39 is 12.1 Å². The summed E-state index contributed by atoms with van der Waals surface area (Å²) in [7, 11) is 0. The van der Waals surface area contributed by atoms with Crippen molar-refractivity contribution in [3.8, 4) is 11.1 Å². The molecule has 1 heterocycles. The molecular formula is C27H30N2O5. The first-order valence-electron chi connectivity index (χ1n) is 12.0. The van der Waals surface area contributed by atoms with Gasteiger partial charge in [-0.05, 0) is 53.9 Å². The van der Waals surface area contributed by atoms with Crippen LogP contribution < -0.4 is 5.32 Å². The Bertz CT molecular complexity index is 1060. The van der Waals surface area contributed by atoms with Crippen molar-refractivity contribution in [2.45, 2.75) is 38.1 Å². The van der Waals surface area contributed by atoms with Crippen LogP contribution in [0.1, 0.15) is 43.2 Å². The van der Waals surface area contributed by atoms with Crippen LogP contribution in [0, 0.1) is 17.8 Å². The molecule has 2 aliphatic carbocycles. The summed E-state index contributed by atoms with van der Waals surface area (Å²) in [5, 5.41) is 12.2. The molecule has 34 heavy (non-hydrogen) atoms. The summed E-state index contributed by atoms with van der Waals surface area (Å²) < 4.78 is 5.58. The minimum Gasteiger partial charge on any atom is -0.481 e. The van der Waals surface area contributed by atoms with Gasteiger partial charge in [0.05, 0.1) is 5.92 Å². The molecule has 1 saturated heterocycles. The van der Waals surface area contributed by atoms with Crippen LogP contribution in [-0.4, -0.2) is 53.7 Å². The lowest BCUT2D eigenvalue weighted by Crippen LogP contribution is -2.48. The second kappa shape index (κ2) is 9.12. The third kappa shape index (κ3) is 4.15. The third-order valence-corrected chi connectivity index (χ3v) is 7.66. The second-order valence-corrected chi connectivity index (χ2v) is 9.84. The van der Waals surface area contributed by atoms with Gasteiger partial charge in [-0.25, -0.2) is 4.79 Å². The summed E-state index contributed by atoms with van der Waals surface area (Å²) in [6.45, 7) is 3.00. The average Bonchev–Trinajstić information content (AvgIpc) is 3.28. The van der Waals surface area contributed by atoms with Crippen molar-refractivity contribution in [3.05, 3.63) is 59.7 Å². The van der Waals surface area contributed by atoms with Crippen LogP contribution in [0.5, 0.6) is 0 Å². The van der Waals surface area contributed by atoms with Gasteiger partial charge in [0.25, 0.3) is 0 Å². The minimum atomic E-state index is -0.745. The van der Waals surface area contributed by atoms with Crippen molar-refractivity contribution >= 4 is 18.0 Å². The maximum atomic E-state index is 12.8. The van der Waals surface area contributed by atoms with Crippen molar-refractivity contribution < 1.29 is 24.2 Å². The number of likely N-dealkylation sites (tertiary alicyclic amines) is 1. The van der Waals surface area contributed by atoms with E-state index >= 15 is 0 Å². The monoisotopic (exact) mass is 462 g/mol. The number of hydrogen-bond acceptors (Lipinski definition) is 4. The van der Waals surface area contributed by atoms with Gasteiger partial charge in [0.2, 0.25) is 5.91 Å². The molecule has 0 spiro atoms. The van der Waals surface area contributed by atoms with Crippen LogP contribution >= 0.6 is 0 Å². The third-order valence-electron chi connectivity index (χ3n) is 7.66. The fourth-order valence-corrected chi connectivity index (χ4v) is 6.11. The van der Waals surface area contributed by atoms with Gasteiger partial charge in [-0.2, -0.15) is 0 Å². The molecule has 2 bridgehead atoms. The lowest BCUT2D eigenvalue weighted by molar-refractivity contribution is -0.149. The van der Waals surface area contributed by atoms with E-state index in [-0.39, 0.29) is 48.6 Å². The molecule has 3 aliphatic rings. The Balaban J connectivity index is 1.13. The predicted molar refractivity (Wildman–Crippen MR) is 126 cm³/mol. The van der Waals surface area contributed by atoms with Gasteiger partial charge in [-0.3, -0.25) is 9.59 Å². The van der Waals surface area contributed by atoms with Gasteiger partial charge in [-0.1, -0.05) is 48.5 Å². The Morgan fingerprint density at radius 1 is 1.00 bits per heavy atom. The van der Waals surface area contributed by atoms with Crippen molar-refractivity contribution in [1.29, 1.82) is 0 Å². The maximum absolute atomic E-state index is 12.8. The molecule has 178 valence electrons. The van der Waals surface area contributed by atoms with Crippen LogP contribution in [0.2, 0.25) is 0 Å². The molecule has 5 rings (SSSR count). The van der Waals surface area contributed by atoms with Crippen LogP contribution in [0.4, 0.5) is 4.79 Å². The van der Waals surface area contributed by atoms with E-state index in [9.17, 15) is 19.5 Å². The molecule has 1 aliphatic heterocycles. The van der Waals surface area contributed by atoms with E-state index in [1.54, 1.807) is 11.8 Å².